The molecule has 0 radical (unpaired) electrons. The second-order valence-corrected chi connectivity index (χ2v) is 9.08. The number of hydrogen-bond donors (Lipinski definition) is 0. The lowest BCUT2D eigenvalue weighted by Gasteiger charge is -2.34. The molecule has 3 heterocycles. The number of carbonyl (C=O) groups excluding carboxylic acids is 1. The summed E-state index contributed by atoms with van der Waals surface area (Å²) in [7, 11) is 0. The summed E-state index contributed by atoms with van der Waals surface area (Å²) >= 11 is 1.73. The van der Waals surface area contributed by atoms with E-state index in [0.29, 0.717) is 43.6 Å². The maximum atomic E-state index is 13.0. The standard InChI is InChI=1S/C26H25N5O2S/c1-19-23(18-34-22-6-3-2-4-7-22)29-24(33-19)20-8-10-21(11-9-20)25(32)30-14-16-31(17-15-30)26-27-12-5-13-28-26/h2-13H,14-18H2,1H3. The van der Waals surface area contributed by atoms with E-state index in [-0.39, 0.29) is 5.91 Å². The summed E-state index contributed by atoms with van der Waals surface area (Å²) in [5.74, 6) is 2.89. The summed E-state index contributed by atoms with van der Waals surface area (Å²) < 4.78 is 5.92. The Morgan fingerprint density at radius 3 is 2.35 bits per heavy atom. The first-order valence-electron chi connectivity index (χ1n) is 11.2. The summed E-state index contributed by atoms with van der Waals surface area (Å²) in [6.45, 7) is 4.65. The van der Waals surface area contributed by atoms with Crippen LogP contribution in [0.2, 0.25) is 0 Å². The number of piperazine rings is 1. The maximum absolute atomic E-state index is 13.0. The minimum Gasteiger partial charge on any atom is -0.441 e. The van der Waals surface area contributed by atoms with E-state index in [1.54, 1.807) is 30.2 Å². The molecule has 4 aromatic rings. The molecule has 0 N–H and O–H groups in total. The molecule has 2 aromatic carbocycles. The fourth-order valence-corrected chi connectivity index (χ4v) is 4.78. The number of benzene rings is 2. The molecule has 0 aliphatic carbocycles. The van der Waals surface area contributed by atoms with E-state index in [1.807, 2.05) is 54.3 Å². The van der Waals surface area contributed by atoms with Gasteiger partial charge in [-0.05, 0) is 49.4 Å². The summed E-state index contributed by atoms with van der Waals surface area (Å²) in [4.78, 5) is 31.5. The highest BCUT2D eigenvalue weighted by molar-refractivity contribution is 7.98. The SMILES string of the molecule is Cc1oc(-c2ccc(C(=O)N3CCN(c4ncccn4)CC3)cc2)nc1CSc1ccccc1. The number of anilines is 1. The fraction of sp³-hybridized carbons (Fsp3) is 0.231. The molecule has 1 aliphatic heterocycles. The number of hydrogen-bond acceptors (Lipinski definition) is 7. The van der Waals surface area contributed by atoms with E-state index in [4.69, 9.17) is 9.40 Å². The number of oxazole rings is 1. The van der Waals surface area contributed by atoms with Crippen molar-refractivity contribution >= 4 is 23.6 Å². The molecular weight excluding hydrogens is 446 g/mol. The molecule has 0 saturated carbocycles. The number of aryl methyl sites for hydroxylation is 1. The van der Waals surface area contributed by atoms with Gasteiger partial charge in [0.2, 0.25) is 11.8 Å². The highest BCUT2D eigenvalue weighted by Gasteiger charge is 2.23. The molecule has 5 rings (SSSR count). The summed E-state index contributed by atoms with van der Waals surface area (Å²) in [5.41, 5.74) is 2.46. The van der Waals surface area contributed by atoms with Crippen molar-refractivity contribution in [1.82, 2.24) is 19.9 Å². The van der Waals surface area contributed by atoms with Crippen molar-refractivity contribution in [3.63, 3.8) is 0 Å². The second kappa shape index (κ2) is 10.1. The largest absolute Gasteiger partial charge is 0.441 e. The van der Waals surface area contributed by atoms with Crippen LogP contribution in [0.25, 0.3) is 11.5 Å². The number of thioether (sulfide) groups is 1. The lowest BCUT2D eigenvalue weighted by Crippen LogP contribution is -2.49. The molecule has 0 atom stereocenters. The van der Waals surface area contributed by atoms with Gasteiger partial charge < -0.3 is 14.2 Å². The molecule has 172 valence electrons. The molecule has 0 spiro atoms. The van der Waals surface area contributed by atoms with Crippen LogP contribution in [-0.2, 0) is 5.75 Å². The van der Waals surface area contributed by atoms with Crippen molar-refractivity contribution in [2.45, 2.75) is 17.6 Å². The number of rotatable bonds is 6. The first-order valence-corrected chi connectivity index (χ1v) is 12.2. The van der Waals surface area contributed by atoms with Crippen LogP contribution >= 0.6 is 11.8 Å². The molecule has 1 fully saturated rings. The third-order valence-corrected chi connectivity index (χ3v) is 6.82. The van der Waals surface area contributed by atoms with Crippen LogP contribution in [0.3, 0.4) is 0 Å². The van der Waals surface area contributed by atoms with Gasteiger partial charge in [-0.15, -0.1) is 11.8 Å². The minimum atomic E-state index is 0.0312. The van der Waals surface area contributed by atoms with E-state index >= 15 is 0 Å². The van der Waals surface area contributed by atoms with Crippen LogP contribution in [0.5, 0.6) is 0 Å². The average Bonchev–Trinajstić information content (AvgIpc) is 3.28. The van der Waals surface area contributed by atoms with Crippen LogP contribution in [-0.4, -0.2) is 51.9 Å². The van der Waals surface area contributed by atoms with Gasteiger partial charge in [0, 0.05) is 60.3 Å². The van der Waals surface area contributed by atoms with Crippen molar-refractivity contribution in [2.24, 2.45) is 0 Å². The Labute approximate surface area is 202 Å². The quantitative estimate of drug-likeness (QED) is 0.378. The molecule has 1 saturated heterocycles. The molecule has 0 bridgehead atoms. The van der Waals surface area contributed by atoms with Gasteiger partial charge in [0.05, 0.1) is 5.69 Å². The van der Waals surface area contributed by atoms with Crippen LogP contribution in [0, 0.1) is 6.92 Å². The van der Waals surface area contributed by atoms with E-state index in [1.165, 1.54) is 4.90 Å². The molecule has 1 aliphatic rings. The van der Waals surface area contributed by atoms with Gasteiger partial charge >= 0.3 is 0 Å². The van der Waals surface area contributed by atoms with E-state index in [2.05, 4.69) is 27.0 Å². The summed E-state index contributed by atoms with van der Waals surface area (Å²) in [5, 5.41) is 0. The first kappa shape index (κ1) is 22.2. The Hall–Kier alpha value is -3.65. The molecule has 7 nitrogen and oxygen atoms in total. The monoisotopic (exact) mass is 471 g/mol. The Bertz CT molecular complexity index is 1240. The van der Waals surface area contributed by atoms with E-state index in [9.17, 15) is 4.79 Å². The molecular formula is C26H25N5O2S. The van der Waals surface area contributed by atoms with Crippen molar-refractivity contribution in [2.75, 3.05) is 31.1 Å². The van der Waals surface area contributed by atoms with Crippen molar-refractivity contribution in [3.8, 4) is 11.5 Å². The predicted octanol–water partition coefficient (Wildman–Crippen LogP) is 4.69. The lowest BCUT2D eigenvalue weighted by molar-refractivity contribution is 0.0746. The van der Waals surface area contributed by atoms with Crippen LogP contribution in [0.15, 0.2) is 82.4 Å². The topological polar surface area (TPSA) is 75.4 Å². The van der Waals surface area contributed by atoms with Crippen molar-refractivity contribution < 1.29 is 9.21 Å². The third-order valence-electron chi connectivity index (χ3n) is 5.79. The lowest BCUT2D eigenvalue weighted by atomic mass is 10.1. The molecule has 1 amide bonds. The molecule has 34 heavy (non-hydrogen) atoms. The normalized spacial score (nSPS) is 13.8. The average molecular weight is 472 g/mol. The van der Waals surface area contributed by atoms with Crippen molar-refractivity contribution in [1.29, 1.82) is 0 Å². The summed E-state index contributed by atoms with van der Waals surface area (Å²) in [6, 6.07) is 19.6. The number of aromatic nitrogens is 3. The highest BCUT2D eigenvalue weighted by atomic mass is 32.2. The van der Waals surface area contributed by atoms with Gasteiger partial charge in [0.15, 0.2) is 0 Å². The van der Waals surface area contributed by atoms with Gasteiger partial charge in [-0.1, -0.05) is 18.2 Å². The van der Waals surface area contributed by atoms with Gasteiger partial charge in [0.25, 0.3) is 5.91 Å². The zero-order valence-electron chi connectivity index (χ0n) is 18.9. The maximum Gasteiger partial charge on any atom is 0.253 e. The fourth-order valence-electron chi connectivity index (χ4n) is 3.86. The van der Waals surface area contributed by atoms with Gasteiger partial charge in [-0.25, -0.2) is 15.0 Å². The molecule has 8 heteroatoms. The Balaban J connectivity index is 1.20. The third kappa shape index (κ3) is 4.97. The number of nitrogens with zero attached hydrogens (tertiary/aromatic N) is 5. The van der Waals surface area contributed by atoms with E-state index < -0.39 is 0 Å². The van der Waals surface area contributed by atoms with Crippen LogP contribution in [0.4, 0.5) is 5.95 Å². The van der Waals surface area contributed by atoms with Gasteiger partial charge in [-0.2, -0.15) is 0 Å². The first-order chi connectivity index (χ1) is 16.7. The Morgan fingerprint density at radius 2 is 1.65 bits per heavy atom. The minimum absolute atomic E-state index is 0.0312. The van der Waals surface area contributed by atoms with Crippen LogP contribution < -0.4 is 4.90 Å². The number of carbonyl (C=O) groups is 1. The zero-order chi connectivity index (χ0) is 23.3. The zero-order valence-corrected chi connectivity index (χ0v) is 19.7. The molecule has 0 unspecified atom stereocenters. The second-order valence-electron chi connectivity index (χ2n) is 8.03. The highest BCUT2D eigenvalue weighted by Crippen LogP contribution is 2.28. The summed E-state index contributed by atoms with van der Waals surface area (Å²) in [6.07, 6.45) is 3.48. The van der Waals surface area contributed by atoms with E-state index in [0.717, 1.165) is 22.8 Å². The number of amides is 1. The Morgan fingerprint density at radius 1 is 0.941 bits per heavy atom. The van der Waals surface area contributed by atoms with Crippen LogP contribution in [0.1, 0.15) is 21.8 Å². The molecule has 2 aromatic heterocycles. The van der Waals surface area contributed by atoms with Gasteiger partial charge in [0.1, 0.15) is 5.76 Å². The Kier molecular flexibility index (Phi) is 6.58. The smallest absolute Gasteiger partial charge is 0.253 e. The predicted molar refractivity (Wildman–Crippen MR) is 133 cm³/mol. The van der Waals surface area contributed by atoms with Crippen molar-refractivity contribution in [3.05, 3.63) is 90.1 Å². The van der Waals surface area contributed by atoms with Gasteiger partial charge in [-0.3, -0.25) is 4.79 Å².